The first-order chi connectivity index (χ1) is 16.4. The third-order valence-electron chi connectivity index (χ3n) is 5.87. The Balaban J connectivity index is 1.60. The van der Waals surface area contributed by atoms with Crippen molar-refractivity contribution in [1.29, 1.82) is 0 Å². The van der Waals surface area contributed by atoms with Crippen molar-refractivity contribution in [3.63, 3.8) is 0 Å². The van der Waals surface area contributed by atoms with E-state index in [-0.39, 0.29) is 11.6 Å². The first-order valence-electron chi connectivity index (χ1n) is 10.6. The summed E-state index contributed by atoms with van der Waals surface area (Å²) in [7, 11) is 0. The highest BCUT2D eigenvalue weighted by molar-refractivity contribution is 7.80. The molecule has 170 valence electrons. The molecule has 8 heteroatoms. The van der Waals surface area contributed by atoms with Crippen LogP contribution in [0.1, 0.15) is 39.5 Å². The monoisotopic (exact) mass is 473 g/mol. The number of nitrogens with one attached hydrogen (secondary N) is 1. The summed E-state index contributed by atoms with van der Waals surface area (Å²) >= 11 is 5.62. The standard InChI is InChI=1S/C26H20FN3O3S/c1-15-14-16(25(31)32)9-10-17(15)21-11-12-22(33-21)24-23(19-7-4-5-13-28-19)29-26(34)30(24)20-8-3-2-6-18(20)27/h2-14,23-24H,1H3,(H,29,34)(H,31,32). The number of halogens is 1. The van der Waals surface area contributed by atoms with Crippen LogP contribution < -0.4 is 10.2 Å². The second-order valence-corrected chi connectivity index (χ2v) is 8.37. The van der Waals surface area contributed by atoms with Gasteiger partial charge in [0, 0.05) is 11.8 Å². The number of rotatable bonds is 5. The van der Waals surface area contributed by atoms with Crippen LogP contribution in [0.15, 0.2) is 83.4 Å². The topological polar surface area (TPSA) is 78.6 Å². The zero-order valence-corrected chi connectivity index (χ0v) is 18.9. The largest absolute Gasteiger partial charge is 0.478 e. The Morgan fingerprint density at radius 3 is 2.62 bits per heavy atom. The van der Waals surface area contributed by atoms with Gasteiger partial charge < -0.3 is 19.7 Å². The van der Waals surface area contributed by atoms with Gasteiger partial charge >= 0.3 is 5.97 Å². The van der Waals surface area contributed by atoms with Gasteiger partial charge in [-0.1, -0.05) is 24.3 Å². The molecule has 1 fully saturated rings. The van der Waals surface area contributed by atoms with Crippen molar-refractivity contribution in [3.05, 3.63) is 107 Å². The van der Waals surface area contributed by atoms with Crippen molar-refractivity contribution in [2.75, 3.05) is 4.90 Å². The summed E-state index contributed by atoms with van der Waals surface area (Å²) in [5.74, 6) is -0.234. The molecule has 1 aliphatic rings. The molecule has 0 saturated carbocycles. The predicted molar refractivity (Wildman–Crippen MR) is 130 cm³/mol. The van der Waals surface area contributed by atoms with Gasteiger partial charge in [-0.15, -0.1) is 0 Å². The van der Waals surface area contributed by atoms with Crippen LogP contribution in [0.25, 0.3) is 11.3 Å². The fourth-order valence-electron chi connectivity index (χ4n) is 4.28. The fraction of sp³-hybridized carbons (Fsp3) is 0.115. The minimum Gasteiger partial charge on any atom is -0.478 e. The number of para-hydroxylation sites is 1. The van der Waals surface area contributed by atoms with Crippen LogP contribution in [0.4, 0.5) is 10.1 Å². The van der Waals surface area contributed by atoms with Crippen molar-refractivity contribution >= 4 is 29.0 Å². The molecule has 2 aromatic heterocycles. The average Bonchev–Trinajstić information content (AvgIpc) is 3.44. The maximum atomic E-state index is 14.8. The number of pyridine rings is 1. The van der Waals surface area contributed by atoms with Crippen LogP contribution in [0.5, 0.6) is 0 Å². The van der Waals surface area contributed by atoms with Crippen LogP contribution in [0.3, 0.4) is 0 Å². The highest BCUT2D eigenvalue weighted by Gasteiger charge is 2.43. The molecule has 4 aromatic rings. The Labute approximate surface area is 200 Å². The molecular weight excluding hydrogens is 453 g/mol. The normalized spacial score (nSPS) is 17.6. The number of nitrogens with zero attached hydrogens (tertiary/aromatic N) is 2. The lowest BCUT2D eigenvalue weighted by Crippen LogP contribution is -2.30. The zero-order valence-electron chi connectivity index (χ0n) is 18.1. The summed E-state index contributed by atoms with van der Waals surface area (Å²) in [5.41, 5.74) is 2.83. The Kier molecular flexibility index (Phi) is 5.59. The Morgan fingerprint density at radius 1 is 1.12 bits per heavy atom. The molecular formula is C26H20FN3O3S. The highest BCUT2D eigenvalue weighted by atomic mass is 32.1. The van der Waals surface area contributed by atoms with Gasteiger partial charge in [-0.25, -0.2) is 9.18 Å². The Hall–Kier alpha value is -4.04. The van der Waals surface area contributed by atoms with Crippen molar-refractivity contribution in [2.45, 2.75) is 19.0 Å². The van der Waals surface area contributed by atoms with E-state index in [0.29, 0.717) is 22.3 Å². The number of furan rings is 1. The molecule has 0 bridgehead atoms. The number of hydrogen-bond donors (Lipinski definition) is 2. The molecule has 2 aromatic carbocycles. The molecule has 34 heavy (non-hydrogen) atoms. The van der Waals surface area contributed by atoms with Gasteiger partial charge in [0.25, 0.3) is 0 Å². The molecule has 1 saturated heterocycles. The maximum Gasteiger partial charge on any atom is 0.335 e. The summed E-state index contributed by atoms with van der Waals surface area (Å²) in [6.45, 7) is 1.83. The number of anilines is 1. The summed E-state index contributed by atoms with van der Waals surface area (Å²) in [6, 6.07) is 19.7. The molecule has 2 N–H and O–H groups in total. The highest BCUT2D eigenvalue weighted by Crippen LogP contribution is 2.43. The van der Waals surface area contributed by atoms with Gasteiger partial charge in [0.2, 0.25) is 0 Å². The van der Waals surface area contributed by atoms with E-state index in [0.717, 1.165) is 16.8 Å². The molecule has 3 heterocycles. The third kappa shape index (κ3) is 3.82. The molecule has 0 radical (unpaired) electrons. The van der Waals surface area contributed by atoms with Crippen LogP contribution >= 0.6 is 12.2 Å². The number of aromatic carboxylic acids is 1. The number of benzene rings is 2. The lowest BCUT2D eigenvalue weighted by Gasteiger charge is -2.26. The van der Waals surface area contributed by atoms with E-state index < -0.39 is 17.8 Å². The summed E-state index contributed by atoms with van der Waals surface area (Å²) < 4.78 is 21.1. The molecule has 0 amide bonds. The van der Waals surface area contributed by atoms with Crippen LogP contribution in [-0.4, -0.2) is 21.2 Å². The quantitative estimate of drug-likeness (QED) is 0.362. The number of carbonyl (C=O) groups is 1. The fourth-order valence-corrected chi connectivity index (χ4v) is 4.62. The molecule has 1 aliphatic heterocycles. The van der Waals surface area contributed by atoms with Gasteiger partial charge in [-0.2, -0.15) is 0 Å². The zero-order chi connectivity index (χ0) is 23.8. The van der Waals surface area contributed by atoms with E-state index in [4.69, 9.17) is 16.6 Å². The lowest BCUT2D eigenvalue weighted by atomic mass is 10.0. The number of carboxylic acids is 1. The minimum atomic E-state index is -0.987. The van der Waals surface area contributed by atoms with Crippen molar-refractivity contribution in [2.24, 2.45) is 0 Å². The minimum absolute atomic E-state index is 0.208. The number of carboxylic acid groups (broad SMARTS) is 1. The second-order valence-electron chi connectivity index (χ2n) is 7.98. The Bertz CT molecular complexity index is 1390. The molecule has 5 rings (SSSR count). The van der Waals surface area contributed by atoms with Gasteiger partial charge in [-0.3, -0.25) is 4.98 Å². The number of aromatic nitrogens is 1. The third-order valence-corrected chi connectivity index (χ3v) is 6.18. The molecule has 0 aliphatic carbocycles. The number of thiocarbonyl (C=S) groups is 1. The van der Waals surface area contributed by atoms with E-state index >= 15 is 0 Å². The summed E-state index contributed by atoms with van der Waals surface area (Å²) in [5, 5.41) is 12.9. The number of aryl methyl sites for hydroxylation is 1. The Morgan fingerprint density at radius 2 is 1.91 bits per heavy atom. The van der Waals surface area contributed by atoms with Crippen molar-refractivity contribution < 1.29 is 18.7 Å². The number of hydrogen-bond acceptors (Lipinski definition) is 4. The second kappa shape index (κ2) is 8.72. The first-order valence-corrected chi connectivity index (χ1v) is 11.0. The average molecular weight is 474 g/mol. The predicted octanol–water partition coefficient (Wildman–Crippen LogP) is 5.66. The van der Waals surface area contributed by atoms with Gasteiger partial charge in [0.05, 0.1) is 23.0 Å². The van der Waals surface area contributed by atoms with Gasteiger partial charge in [0.15, 0.2) is 5.11 Å². The van der Waals surface area contributed by atoms with Crippen LogP contribution in [0.2, 0.25) is 0 Å². The van der Waals surface area contributed by atoms with E-state index in [2.05, 4.69) is 10.3 Å². The first kappa shape index (κ1) is 21.8. The smallest absolute Gasteiger partial charge is 0.335 e. The van der Waals surface area contributed by atoms with E-state index in [1.54, 1.807) is 47.5 Å². The molecule has 6 nitrogen and oxygen atoms in total. The van der Waals surface area contributed by atoms with Crippen molar-refractivity contribution in [3.8, 4) is 11.3 Å². The molecule has 2 unspecified atom stereocenters. The van der Waals surface area contributed by atoms with Crippen LogP contribution in [0, 0.1) is 12.7 Å². The SMILES string of the molecule is Cc1cc(C(=O)O)ccc1-c1ccc(C2C(c3ccccn3)NC(=S)N2c2ccccc2F)o1. The summed E-state index contributed by atoms with van der Waals surface area (Å²) in [4.78, 5) is 17.5. The van der Waals surface area contributed by atoms with E-state index in [9.17, 15) is 14.3 Å². The summed E-state index contributed by atoms with van der Waals surface area (Å²) in [6.07, 6.45) is 1.70. The van der Waals surface area contributed by atoms with E-state index in [1.165, 1.54) is 6.07 Å². The van der Waals surface area contributed by atoms with Crippen molar-refractivity contribution in [1.82, 2.24) is 10.3 Å². The van der Waals surface area contributed by atoms with Crippen LogP contribution in [-0.2, 0) is 0 Å². The lowest BCUT2D eigenvalue weighted by molar-refractivity contribution is 0.0696. The van der Waals surface area contributed by atoms with E-state index in [1.807, 2.05) is 37.3 Å². The maximum absolute atomic E-state index is 14.8. The van der Waals surface area contributed by atoms with Gasteiger partial charge in [0.1, 0.15) is 23.4 Å². The molecule has 0 spiro atoms. The van der Waals surface area contributed by atoms with Gasteiger partial charge in [-0.05, 0) is 73.2 Å². The molecule has 2 atom stereocenters.